The summed E-state index contributed by atoms with van der Waals surface area (Å²) in [5.74, 6) is -0.376. The average Bonchev–Trinajstić information content (AvgIpc) is 3.18. The minimum absolute atomic E-state index is 0.269. The van der Waals surface area contributed by atoms with E-state index in [-0.39, 0.29) is 11.6 Å². The maximum Gasteiger partial charge on any atom is 0.291 e. The van der Waals surface area contributed by atoms with Crippen molar-refractivity contribution >= 4 is 35.1 Å². The minimum atomic E-state index is -0.376. The molecule has 5 nitrogen and oxygen atoms in total. The van der Waals surface area contributed by atoms with Gasteiger partial charge in [-0.3, -0.25) is 9.89 Å². The van der Waals surface area contributed by atoms with Crippen molar-refractivity contribution < 1.29 is 4.79 Å². The summed E-state index contributed by atoms with van der Waals surface area (Å²) in [6, 6.07) is 13.2. The number of amides is 1. The van der Waals surface area contributed by atoms with Gasteiger partial charge in [-0.15, -0.1) is 11.3 Å². The maximum absolute atomic E-state index is 12.0. The van der Waals surface area contributed by atoms with Gasteiger partial charge in [0.2, 0.25) is 0 Å². The van der Waals surface area contributed by atoms with Gasteiger partial charge in [0.15, 0.2) is 5.69 Å². The van der Waals surface area contributed by atoms with Crippen molar-refractivity contribution in [3.05, 3.63) is 63.6 Å². The zero-order valence-electron chi connectivity index (χ0n) is 12.2. The molecule has 0 aliphatic carbocycles. The van der Waals surface area contributed by atoms with Gasteiger partial charge >= 0.3 is 0 Å². The lowest BCUT2D eigenvalue weighted by Crippen LogP contribution is -2.17. The molecule has 2 aromatic heterocycles. The number of aromatic nitrogens is 2. The summed E-state index contributed by atoms with van der Waals surface area (Å²) < 4.78 is 0.684. The normalized spacial score (nSPS) is 11.0. The van der Waals surface area contributed by atoms with Gasteiger partial charge in [0.1, 0.15) is 0 Å². The van der Waals surface area contributed by atoms with E-state index in [0.29, 0.717) is 4.34 Å². The van der Waals surface area contributed by atoms with Gasteiger partial charge in [-0.05, 0) is 30.7 Å². The zero-order valence-corrected chi connectivity index (χ0v) is 13.8. The van der Waals surface area contributed by atoms with Crippen molar-refractivity contribution in [2.75, 3.05) is 0 Å². The lowest BCUT2D eigenvalue weighted by atomic mass is 10.2. The van der Waals surface area contributed by atoms with Crippen LogP contribution in [-0.4, -0.2) is 22.3 Å². The molecule has 0 fully saturated rings. The molecule has 3 rings (SSSR count). The number of carbonyl (C=O) groups excluding carboxylic acids is 1. The second-order valence-corrected chi connectivity index (χ2v) is 6.60. The maximum atomic E-state index is 12.0. The topological polar surface area (TPSA) is 70.1 Å². The average molecular weight is 345 g/mol. The molecule has 2 heterocycles. The molecule has 0 aliphatic heterocycles. The van der Waals surface area contributed by atoms with Crippen molar-refractivity contribution in [1.29, 1.82) is 0 Å². The number of thiophene rings is 1. The van der Waals surface area contributed by atoms with Crippen molar-refractivity contribution in [3.8, 4) is 10.6 Å². The predicted octanol–water partition coefficient (Wildman–Crippen LogP) is 3.86. The molecule has 0 aliphatic rings. The predicted molar refractivity (Wildman–Crippen MR) is 93.1 cm³/mol. The number of hydrogen-bond donors (Lipinski definition) is 2. The fraction of sp³-hybridized carbons (Fsp3) is 0.0625. The van der Waals surface area contributed by atoms with E-state index in [2.05, 4.69) is 20.7 Å². The number of hydrogen-bond acceptors (Lipinski definition) is 4. The van der Waals surface area contributed by atoms with Gasteiger partial charge < -0.3 is 0 Å². The number of H-pyrrole nitrogens is 1. The van der Waals surface area contributed by atoms with Gasteiger partial charge in [0.25, 0.3) is 5.91 Å². The summed E-state index contributed by atoms with van der Waals surface area (Å²) in [7, 11) is 0. The Labute approximate surface area is 142 Å². The van der Waals surface area contributed by atoms with E-state index in [0.717, 1.165) is 16.1 Å². The third kappa shape index (κ3) is 3.85. The molecule has 0 saturated carbocycles. The fourth-order valence-corrected chi connectivity index (χ4v) is 2.91. The van der Waals surface area contributed by atoms with Crippen molar-refractivity contribution in [3.63, 3.8) is 0 Å². The summed E-state index contributed by atoms with van der Waals surface area (Å²) in [6.07, 6.45) is 1.59. The van der Waals surface area contributed by atoms with E-state index in [1.54, 1.807) is 18.3 Å². The highest BCUT2D eigenvalue weighted by molar-refractivity contribution is 7.19. The lowest BCUT2D eigenvalue weighted by Gasteiger charge is -1.96. The van der Waals surface area contributed by atoms with Crippen LogP contribution in [0.5, 0.6) is 0 Å². The first-order valence-electron chi connectivity index (χ1n) is 6.83. The number of rotatable bonds is 4. The van der Waals surface area contributed by atoms with Crippen LogP contribution in [0.2, 0.25) is 4.34 Å². The summed E-state index contributed by atoms with van der Waals surface area (Å²) in [4.78, 5) is 12.9. The fourth-order valence-electron chi connectivity index (χ4n) is 1.90. The highest BCUT2D eigenvalue weighted by atomic mass is 35.5. The summed E-state index contributed by atoms with van der Waals surface area (Å²) >= 11 is 7.32. The Kier molecular flexibility index (Phi) is 4.55. The molecule has 1 amide bonds. The molecule has 0 saturated heterocycles. The number of nitrogens with zero attached hydrogens (tertiary/aromatic N) is 2. The van der Waals surface area contributed by atoms with Crippen LogP contribution in [0.1, 0.15) is 21.6 Å². The van der Waals surface area contributed by atoms with Crippen LogP contribution in [0.15, 0.2) is 47.6 Å². The molecule has 0 unspecified atom stereocenters. The number of aryl methyl sites for hydroxylation is 1. The van der Waals surface area contributed by atoms with E-state index in [9.17, 15) is 4.79 Å². The highest BCUT2D eigenvalue weighted by Crippen LogP contribution is 2.29. The first kappa shape index (κ1) is 15.5. The minimum Gasteiger partial charge on any atom is -0.276 e. The first-order chi connectivity index (χ1) is 11.1. The molecule has 7 heteroatoms. The molecule has 0 spiro atoms. The quantitative estimate of drug-likeness (QED) is 0.557. The SMILES string of the molecule is Cc1ccc(C=NNC(=O)c2cc(-c3ccc(Cl)s3)[nH]n2)cc1. The first-order valence-corrected chi connectivity index (χ1v) is 8.02. The second kappa shape index (κ2) is 6.76. The number of halogens is 1. The number of benzene rings is 1. The Morgan fingerprint density at radius 1 is 1.30 bits per heavy atom. The molecule has 2 N–H and O–H groups in total. The van der Waals surface area contributed by atoms with E-state index in [1.807, 2.05) is 37.3 Å². The Bertz CT molecular complexity index is 851. The third-order valence-electron chi connectivity index (χ3n) is 3.11. The van der Waals surface area contributed by atoms with Gasteiger partial charge in [-0.2, -0.15) is 10.2 Å². The van der Waals surface area contributed by atoms with Crippen LogP contribution >= 0.6 is 22.9 Å². The Hall–Kier alpha value is -2.44. The van der Waals surface area contributed by atoms with E-state index >= 15 is 0 Å². The van der Waals surface area contributed by atoms with Gasteiger partial charge in [-0.25, -0.2) is 5.43 Å². The highest BCUT2D eigenvalue weighted by Gasteiger charge is 2.11. The molecule has 0 bridgehead atoms. The molecular weight excluding hydrogens is 332 g/mol. The zero-order chi connectivity index (χ0) is 16.2. The van der Waals surface area contributed by atoms with E-state index in [4.69, 9.17) is 11.6 Å². The Morgan fingerprint density at radius 2 is 2.09 bits per heavy atom. The van der Waals surface area contributed by atoms with Crippen LogP contribution in [0.25, 0.3) is 10.6 Å². The lowest BCUT2D eigenvalue weighted by molar-refractivity contribution is 0.0950. The standard InChI is InChI=1S/C16H13ClN4OS/c1-10-2-4-11(5-3-10)9-18-21-16(22)13-8-12(19-20-13)14-6-7-15(17)23-14/h2-9H,1H3,(H,19,20)(H,21,22). The van der Waals surface area contributed by atoms with Crippen LogP contribution in [0.3, 0.4) is 0 Å². The van der Waals surface area contributed by atoms with Crippen LogP contribution in [0, 0.1) is 6.92 Å². The molecule has 0 atom stereocenters. The number of aromatic amines is 1. The number of carbonyl (C=O) groups is 1. The van der Waals surface area contributed by atoms with E-state index < -0.39 is 0 Å². The molecule has 23 heavy (non-hydrogen) atoms. The van der Waals surface area contributed by atoms with Crippen LogP contribution in [-0.2, 0) is 0 Å². The van der Waals surface area contributed by atoms with Crippen molar-refractivity contribution in [2.24, 2.45) is 5.10 Å². The Morgan fingerprint density at radius 3 is 2.78 bits per heavy atom. The van der Waals surface area contributed by atoms with Gasteiger partial charge in [0, 0.05) is 0 Å². The molecule has 1 aromatic carbocycles. The van der Waals surface area contributed by atoms with Gasteiger partial charge in [-0.1, -0.05) is 41.4 Å². The smallest absolute Gasteiger partial charge is 0.276 e. The van der Waals surface area contributed by atoms with E-state index in [1.165, 1.54) is 16.9 Å². The molecule has 116 valence electrons. The summed E-state index contributed by atoms with van der Waals surface area (Å²) in [6.45, 7) is 2.01. The van der Waals surface area contributed by atoms with Crippen LogP contribution in [0.4, 0.5) is 0 Å². The summed E-state index contributed by atoms with van der Waals surface area (Å²) in [5.41, 5.74) is 5.55. The van der Waals surface area contributed by atoms with Crippen molar-refractivity contribution in [2.45, 2.75) is 6.92 Å². The Balaban J connectivity index is 1.64. The summed E-state index contributed by atoms with van der Waals surface area (Å²) in [5, 5.41) is 10.7. The largest absolute Gasteiger partial charge is 0.291 e. The number of nitrogens with one attached hydrogen (secondary N) is 2. The third-order valence-corrected chi connectivity index (χ3v) is 4.37. The molecular formula is C16H13ClN4OS. The molecule has 3 aromatic rings. The number of hydrazone groups is 1. The molecule has 0 radical (unpaired) electrons. The second-order valence-electron chi connectivity index (χ2n) is 4.88. The van der Waals surface area contributed by atoms with Gasteiger partial charge in [0.05, 0.1) is 21.1 Å². The van der Waals surface area contributed by atoms with Crippen LogP contribution < -0.4 is 5.43 Å². The van der Waals surface area contributed by atoms with Crippen molar-refractivity contribution in [1.82, 2.24) is 15.6 Å². The monoisotopic (exact) mass is 344 g/mol.